The van der Waals surface area contributed by atoms with Crippen LogP contribution in [0, 0.1) is 22.7 Å². The topological polar surface area (TPSA) is 26.3 Å². The molecule has 116 valence electrons. The van der Waals surface area contributed by atoms with Gasteiger partial charge in [-0.25, -0.2) is 0 Å². The summed E-state index contributed by atoms with van der Waals surface area (Å²) in [6.45, 7) is 13.5. The van der Waals surface area contributed by atoms with Crippen molar-refractivity contribution in [3.05, 3.63) is 0 Å². The lowest BCUT2D eigenvalue weighted by Gasteiger charge is -2.59. The molecule has 3 rings (SSSR count). The van der Waals surface area contributed by atoms with E-state index in [-0.39, 0.29) is 11.6 Å². The van der Waals surface area contributed by atoms with E-state index in [0.717, 1.165) is 12.3 Å². The average Bonchev–Trinajstić information content (AvgIpc) is 2.67. The number of hydrogen-bond donors (Lipinski definition) is 0. The number of rotatable bonds is 0. The minimum Gasteiger partial charge on any atom is -0.459 e. The highest BCUT2D eigenvalue weighted by Crippen LogP contribution is 2.64. The van der Waals surface area contributed by atoms with E-state index < -0.39 is 0 Å². The Labute approximate surface area is 124 Å². The van der Waals surface area contributed by atoms with Crippen molar-refractivity contribution in [1.29, 1.82) is 0 Å². The summed E-state index contributed by atoms with van der Waals surface area (Å²) in [5.74, 6) is 1.23. The van der Waals surface area contributed by atoms with E-state index >= 15 is 0 Å². The molecule has 0 N–H and O–H groups in total. The molecular formula is C18H32O2. The summed E-state index contributed by atoms with van der Waals surface area (Å²) < 4.78 is 5.70. The van der Waals surface area contributed by atoms with Crippen LogP contribution < -0.4 is 0 Å². The molecule has 0 radical (unpaired) electrons. The first-order valence-electron chi connectivity index (χ1n) is 8.50. The van der Waals surface area contributed by atoms with Crippen LogP contribution in [0.1, 0.15) is 80.1 Å². The quantitative estimate of drug-likeness (QED) is 0.586. The van der Waals surface area contributed by atoms with Crippen molar-refractivity contribution in [2.45, 2.75) is 85.7 Å². The number of ether oxygens (including phenoxy) is 1. The Bertz CT molecular complexity index is 387. The predicted molar refractivity (Wildman–Crippen MR) is 82.4 cm³/mol. The summed E-state index contributed by atoms with van der Waals surface area (Å²) in [5, 5.41) is 0. The molecule has 0 aromatic carbocycles. The van der Waals surface area contributed by atoms with Gasteiger partial charge in [-0.05, 0) is 49.4 Å². The molecule has 2 nitrogen and oxygen atoms in total. The van der Waals surface area contributed by atoms with Gasteiger partial charge in [0.15, 0.2) is 0 Å². The van der Waals surface area contributed by atoms with Crippen LogP contribution >= 0.6 is 0 Å². The van der Waals surface area contributed by atoms with Crippen molar-refractivity contribution in [2.24, 2.45) is 22.7 Å². The van der Waals surface area contributed by atoms with Gasteiger partial charge >= 0.3 is 5.97 Å². The molecule has 1 saturated heterocycles. The molecule has 2 heteroatoms. The number of hydrogen-bond acceptors (Lipinski definition) is 2. The lowest BCUT2D eigenvalue weighted by molar-refractivity contribution is -0.164. The second-order valence-corrected chi connectivity index (χ2v) is 7.98. The maximum Gasteiger partial charge on any atom is 0.306 e. The van der Waals surface area contributed by atoms with E-state index in [1.54, 1.807) is 0 Å². The summed E-state index contributed by atoms with van der Waals surface area (Å²) in [6, 6.07) is 0. The third-order valence-electron chi connectivity index (χ3n) is 6.46. The van der Waals surface area contributed by atoms with Gasteiger partial charge in [-0.2, -0.15) is 0 Å². The molecule has 3 fully saturated rings. The zero-order chi connectivity index (χ0) is 15.2. The zero-order valence-electron chi connectivity index (χ0n) is 14.2. The summed E-state index contributed by atoms with van der Waals surface area (Å²) in [5.41, 5.74) is 0.566. The molecule has 4 unspecified atom stereocenters. The molecule has 0 bridgehead atoms. The SMILES string of the molecule is CC.CC1(C)CCCC2(C)C1CCC1(C)OC(=O)CC12. The van der Waals surface area contributed by atoms with Crippen molar-refractivity contribution >= 4 is 5.97 Å². The first kappa shape index (κ1) is 15.9. The van der Waals surface area contributed by atoms with Crippen molar-refractivity contribution in [1.82, 2.24) is 0 Å². The molecule has 0 amide bonds. The zero-order valence-corrected chi connectivity index (χ0v) is 14.2. The maximum atomic E-state index is 11.8. The molecular weight excluding hydrogens is 248 g/mol. The van der Waals surface area contributed by atoms with Crippen LogP contribution in [0.3, 0.4) is 0 Å². The average molecular weight is 280 g/mol. The first-order valence-corrected chi connectivity index (χ1v) is 8.50. The fourth-order valence-electron chi connectivity index (χ4n) is 5.65. The van der Waals surface area contributed by atoms with Gasteiger partial charge in [0, 0.05) is 5.92 Å². The monoisotopic (exact) mass is 280 g/mol. The molecule has 0 spiro atoms. The van der Waals surface area contributed by atoms with Crippen LogP contribution in [0.25, 0.3) is 0 Å². The van der Waals surface area contributed by atoms with Gasteiger partial charge in [-0.1, -0.05) is 41.0 Å². The molecule has 2 saturated carbocycles. The van der Waals surface area contributed by atoms with Crippen molar-refractivity contribution < 1.29 is 9.53 Å². The van der Waals surface area contributed by atoms with Gasteiger partial charge in [0.05, 0.1) is 6.42 Å². The normalized spacial score (nSPS) is 45.6. The van der Waals surface area contributed by atoms with Crippen molar-refractivity contribution in [3.8, 4) is 0 Å². The van der Waals surface area contributed by atoms with Crippen LogP contribution in [0.4, 0.5) is 0 Å². The standard InChI is InChI=1S/C16H26O2.C2H6/c1-14(2)7-5-8-15(3)11(14)6-9-16(4)12(15)10-13(17)18-16;1-2/h11-12H,5-10H2,1-4H3;1-2H3. The van der Waals surface area contributed by atoms with Gasteiger partial charge in [0.25, 0.3) is 0 Å². The molecule has 2 aliphatic carbocycles. The largest absolute Gasteiger partial charge is 0.459 e. The Morgan fingerprint density at radius 1 is 1.00 bits per heavy atom. The van der Waals surface area contributed by atoms with E-state index in [1.165, 1.54) is 25.7 Å². The third kappa shape index (κ3) is 2.19. The van der Waals surface area contributed by atoms with Crippen LogP contribution in [0.5, 0.6) is 0 Å². The van der Waals surface area contributed by atoms with Crippen molar-refractivity contribution in [2.75, 3.05) is 0 Å². The molecule has 1 heterocycles. The number of fused-ring (bicyclic) bond motifs is 3. The first-order chi connectivity index (χ1) is 9.28. The molecule has 3 aliphatic rings. The number of carbonyl (C=O) groups is 1. The van der Waals surface area contributed by atoms with E-state index in [2.05, 4.69) is 27.7 Å². The van der Waals surface area contributed by atoms with Crippen LogP contribution in [0.2, 0.25) is 0 Å². The molecule has 1 aliphatic heterocycles. The van der Waals surface area contributed by atoms with E-state index in [4.69, 9.17) is 4.74 Å². The Hall–Kier alpha value is -0.530. The summed E-state index contributed by atoms with van der Waals surface area (Å²) in [7, 11) is 0. The molecule has 4 atom stereocenters. The Morgan fingerprint density at radius 2 is 1.65 bits per heavy atom. The predicted octanol–water partition coefficient (Wildman–Crippen LogP) is 4.96. The fraction of sp³-hybridized carbons (Fsp3) is 0.944. The lowest BCUT2D eigenvalue weighted by Crippen LogP contribution is -2.55. The highest BCUT2D eigenvalue weighted by Gasteiger charge is 2.62. The van der Waals surface area contributed by atoms with Crippen LogP contribution in [0.15, 0.2) is 0 Å². The van der Waals surface area contributed by atoms with Crippen LogP contribution in [-0.4, -0.2) is 11.6 Å². The minimum atomic E-state index is -0.171. The summed E-state index contributed by atoms with van der Waals surface area (Å²) in [4.78, 5) is 11.8. The number of carbonyl (C=O) groups excluding carboxylic acids is 1. The van der Waals surface area contributed by atoms with Crippen molar-refractivity contribution in [3.63, 3.8) is 0 Å². The van der Waals surface area contributed by atoms with Gasteiger partial charge in [0.2, 0.25) is 0 Å². The third-order valence-corrected chi connectivity index (χ3v) is 6.46. The second-order valence-electron chi connectivity index (χ2n) is 7.98. The summed E-state index contributed by atoms with van der Waals surface area (Å²) in [6.07, 6.45) is 6.86. The maximum absolute atomic E-state index is 11.8. The fourth-order valence-corrected chi connectivity index (χ4v) is 5.65. The van der Waals surface area contributed by atoms with Gasteiger partial charge in [-0.3, -0.25) is 4.79 Å². The van der Waals surface area contributed by atoms with Gasteiger partial charge in [-0.15, -0.1) is 0 Å². The smallest absolute Gasteiger partial charge is 0.306 e. The second kappa shape index (κ2) is 5.03. The number of esters is 1. The Kier molecular flexibility index (Phi) is 3.99. The van der Waals surface area contributed by atoms with E-state index in [1.807, 2.05) is 13.8 Å². The highest BCUT2D eigenvalue weighted by molar-refractivity contribution is 5.73. The Balaban J connectivity index is 0.000000704. The van der Waals surface area contributed by atoms with E-state index in [0.29, 0.717) is 23.2 Å². The molecule has 20 heavy (non-hydrogen) atoms. The van der Waals surface area contributed by atoms with Gasteiger partial charge < -0.3 is 4.74 Å². The van der Waals surface area contributed by atoms with Gasteiger partial charge in [0.1, 0.15) is 5.60 Å². The molecule has 0 aromatic rings. The molecule has 0 aromatic heterocycles. The van der Waals surface area contributed by atoms with Crippen LogP contribution in [-0.2, 0) is 9.53 Å². The summed E-state index contributed by atoms with van der Waals surface area (Å²) >= 11 is 0. The van der Waals surface area contributed by atoms with E-state index in [9.17, 15) is 4.79 Å². The minimum absolute atomic E-state index is 0.0350. The Morgan fingerprint density at radius 3 is 2.30 bits per heavy atom. The lowest BCUT2D eigenvalue weighted by atomic mass is 9.45. The highest BCUT2D eigenvalue weighted by atomic mass is 16.6.